The van der Waals surface area contributed by atoms with E-state index < -0.39 is 0 Å². The first-order chi connectivity index (χ1) is 10.1. The van der Waals surface area contributed by atoms with E-state index in [9.17, 15) is 4.79 Å². The predicted octanol–water partition coefficient (Wildman–Crippen LogP) is 2.67. The molecule has 1 unspecified atom stereocenters. The molecule has 0 aliphatic heterocycles. The SMILES string of the molecule is CCNC(=NCCC(=O)NC(C)C)NC(C)CCC(C)(C)C. The van der Waals surface area contributed by atoms with Crippen molar-refractivity contribution in [1.82, 2.24) is 16.0 Å². The number of amides is 1. The minimum atomic E-state index is 0.0513. The minimum absolute atomic E-state index is 0.0513. The molecule has 1 atom stereocenters. The second-order valence-corrected chi connectivity index (χ2v) is 7.38. The van der Waals surface area contributed by atoms with Gasteiger partial charge in [-0.2, -0.15) is 0 Å². The molecular formula is C17H36N4O. The first-order valence-electron chi connectivity index (χ1n) is 8.48. The number of aliphatic imine (C=N–C) groups is 1. The standard InChI is InChI=1S/C17H36N4O/c1-8-18-16(19-12-10-15(22)20-13(2)3)21-14(4)9-11-17(5,6)7/h13-14H,8-12H2,1-7H3,(H,20,22)(H2,18,19,21). The van der Waals surface area contributed by atoms with E-state index in [4.69, 9.17) is 0 Å². The van der Waals surface area contributed by atoms with Gasteiger partial charge in [0, 0.05) is 25.0 Å². The number of hydrogen-bond donors (Lipinski definition) is 3. The van der Waals surface area contributed by atoms with Crippen molar-refractivity contribution in [3.8, 4) is 0 Å². The van der Waals surface area contributed by atoms with Gasteiger partial charge in [0.2, 0.25) is 5.91 Å². The molecule has 0 radical (unpaired) electrons. The third-order valence-electron chi connectivity index (χ3n) is 3.11. The van der Waals surface area contributed by atoms with Crippen LogP contribution in [0, 0.1) is 5.41 Å². The summed E-state index contributed by atoms with van der Waals surface area (Å²) in [5, 5.41) is 9.52. The molecular weight excluding hydrogens is 276 g/mol. The Kier molecular flexibility index (Phi) is 9.86. The van der Waals surface area contributed by atoms with Gasteiger partial charge in [0.05, 0.1) is 6.54 Å². The van der Waals surface area contributed by atoms with Gasteiger partial charge in [-0.3, -0.25) is 9.79 Å². The van der Waals surface area contributed by atoms with Gasteiger partial charge < -0.3 is 16.0 Å². The fourth-order valence-corrected chi connectivity index (χ4v) is 1.94. The van der Waals surface area contributed by atoms with Gasteiger partial charge in [-0.25, -0.2) is 0 Å². The molecule has 3 N–H and O–H groups in total. The second kappa shape index (κ2) is 10.5. The van der Waals surface area contributed by atoms with Crippen LogP contribution in [0.4, 0.5) is 0 Å². The average Bonchev–Trinajstić information content (AvgIpc) is 2.34. The number of hydrogen-bond acceptors (Lipinski definition) is 2. The summed E-state index contributed by atoms with van der Waals surface area (Å²) in [5.74, 6) is 0.844. The van der Waals surface area contributed by atoms with E-state index in [1.165, 1.54) is 0 Å². The van der Waals surface area contributed by atoms with Crippen LogP contribution in [0.15, 0.2) is 4.99 Å². The molecule has 5 heteroatoms. The van der Waals surface area contributed by atoms with Gasteiger partial charge in [-0.1, -0.05) is 20.8 Å². The van der Waals surface area contributed by atoms with Crippen LogP contribution >= 0.6 is 0 Å². The Morgan fingerprint density at radius 2 is 1.77 bits per heavy atom. The molecule has 22 heavy (non-hydrogen) atoms. The van der Waals surface area contributed by atoms with Gasteiger partial charge in [0.15, 0.2) is 5.96 Å². The van der Waals surface area contributed by atoms with Crippen molar-refractivity contribution >= 4 is 11.9 Å². The summed E-state index contributed by atoms with van der Waals surface area (Å²) >= 11 is 0. The van der Waals surface area contributed by atoms with Crippen molar-refractivity contribution < 1.29 is 4.79 Å². The fraction of sp³-hybridized carbons (Fsp3) is 0.882. The lowest BCUT2D eigenvalue weighted by Gasteiger charge is -2.23. The smallest absolute Gasteiger partial charge is 0.222 e. The molecule has 130 valence electrons. The predicted molar refractivity (Wildman–Crippen MR) is 95.2 cm³/mol. The summed E-state index contributed by atoms with van der Waals surface area (Å²) in [4.78, 5) is 16.1. The maximum Gasteiger partial charge on any atom is 0.222 e. The number of carbonyl (C=O) groups is 1. The number of nitrogens with zero attached hydrogens (tertiary/aromatic N) is 1. The van der Waals surface area contributed by atoms with E-state index in [0.29, 0.717) is 24.4 Å². The van der Waals surface area contributed by atoms with Crippen LogP contribution in [0.25, 0.3) is 0 Å². The van der Waals surface area contributed by atoms with Crippen LogP contribution in [0.5, 0.6) is 0 Å². The molecule has 0 aromatic carbocycles. The zero-order valence-electron chi connectivity index (χ0n) is 15.5. The molecule has 5 nitrogen and oxygen atoms in total. The highest BCUT2D eigenvalue weighted by Gasteiger charge is 2.13. The van der Waals surface area contributed by atoms with Gasteiger partial charge in [-0.05, 0) is 46.0 Å². The van der Waals surface area contributed by atoms with Crippen LogP contribution in [-0.4, -0.2) is 37.0 Å². The number of carbonyl (C=O) groups excluding carboxylic acids is 1. The first-order valence-corrected chi connectivity index (χ1v) is 8.48. The highest BCUT2D eigenvalue weighted by atomic mass is 16.1. The van der Waals surface area contributed by atoms with Crippen molar-refractivity contribution in [1.29, 1.82) is 0 Å². The highest BCUT2D eigenvalue weighted by molar-refractivity contribution is 5.81. The Morgan fingerprint density at radius 1 is 1.14 bits per heavy atom. The molecule has 0 bridgehead atoms. The Labute approximate surface area is 136 Å². The largest absolute Gasteiger partial charge is 0.357 e. The van der Waals surface area contributed by atoms with Crippen LogP contribution in [0.3, 0.4) is 0 Å². The molecule has 1 amide bonds. The minimum Gasteiger partial charge on any atom is -0.357 e. The van der Waals surface area contributed by atoms with E-state index in [0.717, 1.165) is 25.3 Å². The van der Waals surface area contributed by atoms with Gasteiger partial charge in [-0.15, -0.1) is 0 Å². The average molecular weight is 313 g/mol. The van der Waals surface area contributed by atoms with E-state index in [-0.39, 0.29) is 11.9 Å². The zero-order valence-corrected chi connectivity index (χ0v) is 15.5. The van der Waals surface area contributed by atoms with Crippen molar-refractivity contribution in [3.63, 3.8) is 0 Å². The molecule has 0 spiro atoms. The van der Waals surface area contributed by atoms with E-state index >= 15 is 0 Å². The van der Waals surface area contributed by atoms with Crippen molar-refractivity contribution in [2.45, 2.75) is 79.8 Å². The summed E-state index contributed by atoms with van der Waals surface area (Å²) in [6, 6.07) is 0.543. The van der Waals surface area contributed by atoms with Crippen LogP contribution in [0.2, 0.25) is 0 Å². The highest BCUT2D eigenvalue weighted by Crippen LogP contribution is 2.21. The van der Waals surface area contributed by atoms with Gasteiger partial charge in [0.25, 0.3) is 0 Å². The van der Waals surface area contributed by atoms with Crippen molar-refractivity contribution in [2.75, 3.05) is 13.1 Å². The maximum atomic E-state index is 11.6. The van der Waals surface area contributed by atoms with E-state index in [2.05, 4.69) is 48.6 Å². The first kappa shape index (κ1) is 20.7. The third-order valence-corrected chi connectivity index (χ3v) is 3.11. The lowest BCUT2D eigenvalue weighted by Crippen LogP contribution is -2.42. The van der Waals surface area contributed by atoms with E-state index in [1.807, 2.05) is 20.8 Å². The molecule has 0 rings (SSSR count). The van der Waals surface area contributed by atoms with Crippen LogP contribution in [-0.2, 0) is 4.79 Å². The van der Waals surface area contributed by atoms with E-state index in [1.54, 1.807) is 0 Å². The second-order valence-electron chi connectivity index (χ2n) is 7.38. The number of nitrogens with one attached hydrogen (secondary N) is 3. The molecule has 0 saturated heterocycles. The van der Waals surface area contributed by atoms with Gasteiger partial charge in [0.1, 0.15) is 0 Å². The third kappa shape index (κ3) is 12.5. The van der Waals surface area contributed by atoms with Crippen LogP contribution < -0.4 is 16.0 Å². The van der Waals surface area contributed by atoms with Crippen molar-refractivity contribution in [3.05, 3.63) is 0 Å². The molecule has 0 aromatic rings. The fourth-order valence-electron chi connectivity index (χ4n) is 1.94. The molecule has 0 aromatic heterocycles. The number of rotatable bonds is 8. The molecule has 0 aliphatic rings. The monoisotopic (exact) mass is 312 g/mol. The number of guanidine groups is 1. The Morgan fingerprint density at radius 3 is 2.27 bits per heavy atom. The lowest BCUT2D eigenvalue weighted by atomic mass is 9.89. The van der Waals surface area contributed by atoms with Crippen LogP contribution in [0.1, 0.15) is 67.7 Å². The van der Waals surface area contributed by atoms with Gasteiger partial charge >= 0.3 is 0 Å². The molecule has 0 heterocycles. The summed E-state index contributed by atoms with van der Waals surface area (Å²) < 4.78 is 0. The topological polar surface area (TPSA) is 65.5 Å². The lowest BCUT2D eigenvalue weighted by molar-refractivity contribution is -0.121. The zero-order chi connectivity index (χ0) is 17.2. The Hall–Kier alpha value is -1.26. The quantitative estimate of drug-likeness (QED) is 0.477. The summed E-state index contributed by atoms with van der Waals surface area (Å²) in [5.41, 5.74) is 0.348. The molecule has 0 aliphatic carbocycles. The summed E-state index contributed by atoms with van der Waals surface area (Å²) in [7, 11) is 0. The molecule has 0 fully saturated rings. The summed E-state index contributed by atoms with van der Waals surface area (Å²) in [6.07, 6.45) is 2.68. The Balaban J connectivity index is 4.28. The maximum absolute atomic E-state index is 11.6. The molecule has 0 saturated carbocycles. The Bertz CT molecular complexity index is 345. The summed E-state index contributed by atoms with van der Waals surface area (Å²) in [6.45, 7) is 16.2. The van der Waals surface area contributed by atoms with Crippen molar-refractivity contribution in [2.24, 2.45) is 10.4 Å². The normalized spacial score (nSPS) is 13.9.